The van der Waals surface area contributed by atoms with Gasteiger partial charge in [0, 0.05) is 28.5 Å². The van der Waals surface area contributed by atoms with Crippen LogP contribution in [0.2, 0.25) is 0 Å². The van der Waals surface area contributed by atoms with Crippen molar-refractivity contribution in [2.75, 3.05) is 7.11 Å². The molecule has 1 heterocycles. The number of aryl methyl sites for hydroxylation is 2. The van der Waals surface area contributed by atoms with E-state index in [0.717, 1.165) is 39.3 Å². The Morgan fingerprint density at radius 1 is 1.00 bits per heavy atom. The van der Waals surface area contributed by atoms with E-state index in [1.165, 1.54) is 5.56 Å². The molecule has 4 heteroatoms. The van der Waals surface area contributed by atoms with E-state index in [-0.39, 0.29) is 5.63 Å². The number of hydrogen-bond donors (Lipinski definition) is 0. The molecule has 3 nitrogen and oxygen atoms in total. The highest BCUT2D eigenvalue weighted by Gasteiger charge is 2.09. The monoisotopic (exact) mass is 340 g/mol. The molecule has 0 saturated heterocycles. The molecule has 0 bridgehead atoms. The first kappa shape index (κ1) is 16.7. The maximum atomic E-state index is 11.8. The van der Waals surface area contributed by atoms with E-state index in [1.54, 1.807) is 24.9 Å². The SMILES string of the molecule is COc1ccccc1CSCc1cc(=O)oc2cc(C)c(C)cc12. The highest BCUT2D eigenvalue weighted by molar-refractivity contribution is 7.97. The van der Waals surface area contributed by atoms with Gasteiger partial charge in [0.05, 0.1) is 7.11 Å². The van der Waals surface area contributed by atoms with Gasteiger partial charge in [0.2, 0.25) is 0 Å². The molecular weight excluding hydrogens is 320 g/mol. The first-order chi connectivity index (χ1) is 11.6. The van der Waals surface area contributed by atoms with Crippen LogP contribution in [-0.2, 0) is 11.5 Å². The average molecular weight is 340 g/mol. The zero-order valence-corrected chi connectivity index (χ0v) is 14.9. The van der Waals surface area contributed by atoms with Crippen molar-refractivity contribution in [1.82, 2.24) is 0 Å². The van der Waals surface area contributed by atoms with Gasteiger partial charge < -0.3 is 9.15 Å². The summed E-state index contributed by atoms with van der Waals surface area (Å²) in [7, 11) is 1.69. The normalized spacial score (nSPS) is 11.0. The van der Waals surface area contributed by atoms with Crippen LogP contribution in [0.5, 0.6) is 5.75 Å². The summed E-state index contributed by atoms with van der Waals surface area (Å²) in [4.78, 5) is 11.8. The molecule has 0 N–H and O–H groups in total. The number of fused-ring (bicyclic) bond motifs is 1. The number of thioether (sulfide) groups is 1. The second kappa shape index (κ2) is 7.14. The summed E-state index contributed by atoms with van der Waals surface area (Å²) in [5.74, 6) is 2.48. The van der Waals surface area contributed by atoms with Gasteiger partial charge in [-0.25, -0.2) is 4.79 Å². The van der Waals surface area contributed by atoms with E-state index < -0.39 is 0 Å². The molecule has 0 aliphatic carbocycles. The lowest BCUT2D eigenvalue weighted by atomic mass is 10.0. The number of methoxy groups -OCH3 is 1. The maximum absolute atomic E-state index is 11.8. The standard InChI is InChI=1S/C20H20O3S/c1-13-8-17-16(10-20(21)23-19(17)9-14(13)2)12-24-11-15-6-4-5-7-18(15)22-3/h4-10H,11-12H2,1-3H3. The van der Waals surface area contributed by atoms with Crippen LogP contribution in [-0.4, -0.2) is 7.11 Å². The lowest BCUT2D eigenvalue weighted by Crippen LogP contribution is -2.01. The predicted octanol–water partition coefficient (Wildman–Crippen LogP) is 4.85. The van der Waals surface area contributed by atoms with Gasteiger partial charge in [-0.1, -0.05) is 18.2 Å². The topological polar surface area (TPSA) is 39.4 Å². The van der Waals surface area contributed by atoms with Crippen LogP contribution >= 0.6 is 11.8 Å². The van der Waals surface area contributed by atoms with Crippen molar-refractivity contribution in [3.05, 3.63) is 75.1 Å². The van der Waals surface area contributed by atoms with Gasteiger partial charge in [-0.2, -0.15) is 11.8 Å². The fraction of sp³-hybridized carbons (Fsp3) is 0.250. The molecule has 0 atom stereocenters. The summed E-state index contributed by atoms with van der Waals surface area (Å²) in [5.41, 5.74) is 4.88. The molecule has 24 heavy (non-hydrogen) atoms. The highest BCUT2D eigenvalue weighted by Crippen LogP contribution is 2.28. The van der Waals surface area contributed by atoms with Gasteiger partial charge in [-0.3, -0.25) is 0 Å². The third-order valence-electron chi connectivity index (χ3n) is 4.15. The Morgan fingerprint density at radius 2 is 1.71 bits per heavy atom. The Kier molecular flexibility index (Phi) is 4.95. The van der Waals surface area contributed by atoms with Gasteiger partial charge in [0.1, 0.15) is 11.3 Å². The average Bonchev–Trinajstić information content (AvgIpc) is 2.57. The summed E-state index contributed by atoms with van der Waals surface area (Å²) in [6, 6.07) is 13.7. The van der Waals surface area contributed by atoms with E-state index in [1.807, 2.05) is 31.2 Å². The molecule has 3 rings (SSSR count). The number of para-hydroxylation sites is 1. The van der Waals surface area contributed by atoms with Gasteiger partial charge in [-0.05, 0) is 48.7 Å². The van der Waals surface area contributed by atoms with Crippen molar-refractivity contribution in [2.24, 2.45) is 0 Å². The molecule has 124 valence electrons. The zero-order valence-electron chi connectivity index (χ0n) is 14.1. The number of hydrogen-bond acceptors (Lipinski definition) is 4. The van der Waals surface area contributed by atoms with Crippen LogP contribution in [0, 0.1) is 13.8 Å². The largest absolute Gasteiger partial charge is 0.496 e. The Morgan fingerprint density at radius 3 is 2.50 bits per heavy atom. The number of ether oxygens (including phenoxy) is 1. The molecule has 0 fully saturated rings. The van der Waals surface area contributed by atoms with Crippen LogP contribution in [0.3, 0.4) is 0 Å². The van der Waals surface area contributed by atoms with E-state index >= 15 is 0 Å². The summed E-state index contributed by atoms with van der Waals surface area (Å²) >= 11 is 1.76. The molecule has 2 aromatic carbocycles. The molecule has 0 unspecified atom stereocenters. The van der Waals surface area contributed by atoms with Gasteiger partial charge in [0.15, 0.2) is 0 Å². The van der Waals surface area contributed by atoms with Crippen LogP contribution < -0.4 is 10.4 Å². The third-order valence-corrected chi connectivity index (χ3v) is 5.18. The molecular formula is C20H20O3S. The molecule has 1 aromatic heterocycles. The first-order valence-corrected chi connectivity index (χ1v) is 8.97. The van der Waals surface area contributed by atoms with E-state index in [2.05, 4.69) is 19.1 Å². The predicted molar refractivity (Wildman–Crippen MR) is 100.0 cm³/mol. The summed E-state index contributed by atoms with van der Waals surface area (Å²) in [5, 5.41) is 1.02. The summed E-state index contributed by atoms with van der Waals surface area (Å²) in [6.45, 7) is 4.10. The number of benzene rings is 2. The van der Waals surface area contributed by atoms with Crippen LogP contribution in [0.1, 0.15) is 22.3 Å². The van der Waals surface area contributed by atoms with Crippen molar-refractivity contribution in [1.29, 1.82) is 0 Å². The minimum atomic E-state index is -0.293. The molecule has 0 amide bonds. The molecule has 0 saturated carbocycles. The van der Waals surface area contributed by atoms with Crippen molar-refractivity contribution in [2.45, 2.75) is 25.4 Å². The Balaban J connectivity index is 1.85. The van der Waals surface area contributed by atoms with Crippen molar-refractivity contribution in [3.63, 3.8) is 0 Å². The molecule has 3 aromatic rings. The summed E-state index contributed by atoms with van der Waals surface area (Å²) in [6.07, 6.45) is 0. The summed E-state index contributed by atoms with van der Waals surface area (Å²) < 4.78 is 10.7. The molecule has 0 aliphatic rings. The zero-order chi connectivity index (χ0) is 17.1. The minimum Gasteiger partial charge on any atom is -0.496 e. The Labute approximate surface area is 145 Å². The molecule has 0 spiro atoms. The smallest absolute Gasteiger partial charge is 0.336 e. The minimum absolute atomic E-state index is 0.293. The highest BCUT2D eigenvalue weighted by atomic mass is 32.2. The molecule has 0 aliphatic heterocycles. The van der Waals surface area contributed by atoms with Gasteiger partial charge in [0.25, 0.3) is 0 Å². The van der Waals surface area contributed by atoms with E-state index in [9.17, 15) is 4.79 Å². The van der Waals surface area contributed by atoms with Crippen LogP contribution in [0.15, 0.2) is 51.7 Å². The second-order valence-corrected chi connectivity index (χ2v) is 6.81. The van der Waals surface area contributed by atoms with E-state index in [4.69, 9.17) is 9.15 Å². The quantitative estimate of drug-likeness (QED) is 0.622. The van der Waals surface area contributed by atoms with E-state index in [0.29, 0.717) is 5.58 Å². The molecule has 0 radical (unpaired) electrons. The van der Waals surface area contributed by atoms with Crippen molar-refractivity contribution in [3.8, 4) is 5.75 Å². The Hall–Kier alpha value is -2.20. The lowest BCUT2D eigenvalue weighted by molar-refractivity contribution is 0.411. The fourth-order valence-electron chi connectivity index (χ4n) is 2.70. The van der Waals surface area contributed by atoms with Gasteiger partial charge >= 0.3 is 5.63 Å². The van der Waals surface area contributed by atoms with Crippen LogP contribution in [0.4, 0.5) is 0 Å². The number of rotatable bonds is 5. The second-order valence-electron chi connectivity index (χ2n) is 5.83. The van der Waals surface area contributed by atoms with Crippen LogP contribution in [0.25, 0.3) is 11.0 Å². The maximum Gasteiger partial charge on any atom is 0.336 e. The Bertz CT molecular complexity index is 928. The van der Waals surface area contributed by atoms with Crippen molar-refractivity contribution >= 4 is 22.7 Å². The van der Waals surface area contributed by atoms with Gasteiger partial charge in [-0.15, -0.1) is 0 Å². The fourth-order valence-corrected chi connectivity index (χ4v) is 3.71. The first-order valence-electron chi connectivity index (χ1n) is 7.82. The third kappa shape index (κ3) is 3.49. The van der Waals surface area contributed by atoms with Crippen molar-refractivity contribution < 1.29 is 9.15 Å². The lowest BCUT2D eigenvalue weighted by Gasteiger charge is -2.10.